The molecule has 96 valence electrons. The van der Waals surface area contributed by atoms with Gasteiger partial charge in [0, 0.05) is 19.8 Å². The van der Waals surface area contributed by atoms with Gasteiger partial charge in [0.05, 0.1) is 11.9 Å². The third-order valence-corrected chi connectivity index (χ3v) is 6.01. The number of methoxy groups -OCH3 is 1. The first kappa shape index (κ1) is 14.1. The van der Waals surface area contributed by atoms with Crippen molar-refractivity contribution in [2.75, 3.05) is 7.11 Å². The summed E-state index contributed by atoms with van der Waals surface area (Å²) in [5, 5.41) is 0. The van der Waals surface area contributed by atoms with Crippen LogP contribution in [0.3, 0.4) is 0 Å². The Bertz CT molecular complexity index is 563. The normalized spacial score (nSPS) is 12.5. The summed E-state index contributed by atoms with van der Waals surface area (Å²) in [5.41, 5.74) is 2.40. The summed E-state index contributed by atoms with van der Waals surface area (Å²) in [6.07, 6.45) is 0. The Morgan fingerprint density at radius 2 is 1.94 bits per heavy atom. The van der Waals surface area contributed by atoms with Crippen LogP contribution in [-0.4, -0.2) is 7.11 Å². The van der Waals surface area contributed by atoms with E-state index in [0.717, 1.165) is 10.2 Å². The second-order valence-electron chi connectivity index (χ2n) is 4.18. The third-order valence-electron chi connectivity index (χ3n) is 2.72. The van der Waals surface area contributed by atoms with Gasteiger partial charge in [0.1, 0.15) is 5.75 Å². The number of benzene rings is 1. The van der Waals surface area contributed by atoms with E-state index >= 15 is 0 Å². The molecule has 2 aromatic rings. The van der Waals surface area contributed by atoms with Crippen LogP contribution in [0.1, 0.15) is 25.7 Å². The van der Waals surface area contributed by atoms with E-state index in [1.54, 1.807) is 18.4 Å². The van der Waals surface area contributed by atoms with Crippen LogP contribution < -0.4 is 4.74 Å². The average molecular weight is 390 g/mol. The first-order valence-electron chi connectivity index (χ1n) is 5.57. The summed E-state index contributed by atoms with van der Waals surface area (Å²) in [5.74, 6) is 0.917. The first-order chi connectivity index (χ1) is 8.52. The van der Waals surface area contributed by atoms with Crippen LogP contribution in [-0.2, 0) is 0 Å². The predicted molar refractivity (Wildman–Crippen MR) is 85.3 cm³/mol. The Morgan fingerprint density at radius 3 is 2.50 bits per heavy atom. The third kappa shape index (κ3) is 2.81. The summed E-state index contributed by atoms with van der Waals surface area (Å²) < 4.78 is 6.60. The Hall–Kier alpha value is -0.320. The molecule has 0 spiro atoms. The number of aryl methyl sites for hydroxylation is 2. The molecule has 1 nitrogen and oxygen atoms in total. The quantitative estimate of drug-likeness (QED) is 0.619. The molecule has 0 fully saturated rings. The Balaban J connectivity index is 2.48. The van der Waals surface area contributed by atoms with E-state index in [-0.39, 0.29) is 4.83 Å². The highest BCUT2D eigenvalue weighted by Crippen LogP contribution is 2.43. The first-order valence-corrected chi connectivity index (χ1v) is 8.10. The summed E-state index contributed by atoms with van der Waals surface area (Å²) in [6, 6.07) is 8.40. The van der Waals surface area contributed by atoms with Gasteiger partial charge >= 0.3 is 0 Å². The number of thiophene rings is 1. The standard InChI is InChI=1S/C14H14Br2OS/c1-8-4-5-12(17-3)10(6-8)13(16)14-11(15)7-9(2)18-14/h4-7,13H,1-3H3. The molecule has 0 aliphatic carbocycles. The Morgan fingerprint density at radius 1 is 1.22 bits per heavy atom. The van der Waals surface area contributed by atoms with Crippen molar-refractivity contribution in [2.24, 2.45) is 0 Å². The fourth-order valence-electron chi connectivity index (χ4n) is 1.87. The zero-order valence-electron chi connectivity index (χ0n) is 10.5. The monoisotopic (exact) mass is 388 g/mol. The van der Waals surface area contributed by atoms with Crippen molar-refractivity contribution >= 4 is 43.2 Å². The lowest BCUT2D eigenvalue weighted by atomic mass is 10.1. The Labute approximate surface area is 128 Å². The SMILES string of the molecule is COc1ccc(C)cc1C(Br)c1sc(C)cc1Br. The minimum absolute atomic E-state index is 0.153. The van der Waals surface area contributed by atoms with Crippen molar-refractivity contribution in [3.8, 4) is 5.75 Å². The molecule has 1 atom stereocenters. The number of hydrogen-bond acceptors (Lipinski definition) is 2. The van der Waals surface area contributed by atoms with Gasteiger partial charge in [-0.3, -0.25) is 0 Å². The molecular weight excluding hydrogens is 376 g/mol. The molecule has 0 aliphatic heterocycles. The van der Waals surface area contributed by atoms with E-state index in [2.05, 4.69) is 63.9 Å². The number of hydrogen-bond donors (Lipinski definition) is 0. The van der Waals surface area contributed by atoms with Crippen molar-refractivity contribution in [3.05, 3.63) is 49.6 Å². The molecule has 1 heterocycles. The zero-order valence-corrected chi connectivity index (χ0v) is 14.4. The van der Waals surface area contributed by atoms with Crippen LogP contribution in [0.5, 0.6) is 5.75 Å². The minimum atomic E-state index is 0.153. The van der Waals surface area contributed by atoms with Gasteiger partial charge in [0.25, 0.3) is 0 Å². The summed E-state index contributed by atoms with van der Waals surface area (Å²) in [4.78, 5) is 2.73. The van der Waals surface area contributed by atoms with E-state index in [0.29, 0.717) is 0 Å². The van der Waals surface area contributed by atoms with Gasteiger partial charge in [-0.15, -0.1) is 11.3 Å². The fraction of sp³-hybridized carbons (Fsp3) is 0.286. The van der Waals surface area contributed by atoms with E-state index in [1.165, 1.54) is 20.9 Å². The van der Waals surface area contributed by atoms with Gasteiger partial charge in [-0.05, 0) is 41.9 Å². The van der Waals surface area contributed by atoms with Gasteiger partial charge < -0.3 is 4.74 Å². The topological polar surface area (TPSA) is 9.23 Å². The fourth-order valence-corrected chi connectivity index (χ4v) is 4.94. The predicted octanol–water partition coefficient (Wildman–Crippen LogP) is 5.62. The van der Waals surface area contributed by atoms with Crippen LogP contribution in [0.15, 0.2) is 28.7 Å². The van der Waals surface area contributed by atoms with Crippen molar-refractivity contribution < 1.29 is 4.74 Å². The number of halogens is 2. The van der Waals surface area contributed by atoms with Gasteiger partial charge in [-0.25, -0.2) is 0 Å². The molecule has 0 aliphatic rings. The van der Waals surface area contributed by atoms with Gasteiger partial charge in [0.15, 0.2) is 0 Å². The maximum atomic E-state index is 5.45. The number of alkyl halides is 1. The second kappa shape index (κ2) is 5.76. The Kier molecular flexibility index (Phi) is 4.51. The number of rotatable bonds is 3. The van der Waals surface area contributed by atoms with Gasteiger partial charge in [-0.2, -0.15) is 0 Å². The lowest BCUT2D eigenvalue weighted by Gasteiger charge is -2.14. The molecule has 0 bridgehead atoms. The highest BCUT2D eigenvalue weighted by molar-refractivity contribution is 9.11. The van der Waals surface area contributed by atoms with Crippen molar-refractivity contribution in [3.63, 3.8) is 0 Å². The molecular formula is C14H14Br2OS. The largest absolute Gasteiger partial charge is 0.496 e. The van der Waals surface area contributed by atoms with Crippen LogP contribution in [0, 0.1) is 13.8 Å². The maximum Gasteiger partial charge on any atom is 0.123 e. The van der Waals surface area contributed by atoms with Crippen LogP contribution in [0.25, 0.3) is 0 Å². The summed E-state index contributed by atoms with van der Waals surface area (Å²) in [7, 11) is 1.71. The van der Waals surface area contributed by atoms with Crippen LogP contribution >= 0.6 is 43.2 Å². The van der Waals surface area contributed by atoms with Crippen LogP contribution in [0.2, 0.25) is 0 Å². The highest BCUT2D eigenvalue weighted by Gasteiger charge is 2.19. The molecule has 18 heavy (non-hydrogen) atoms. The van der Waals surface area contributed by atoms with Crippen molar-refractivity contribution in [2.45, 2.75) is 18.7 Å². The molecule has 0 saturated heterocycles. The van der Waals surface area contributed by atoms with E-state index in [9.17, 15) is 0 Å². The molecule has 0 radical (unpaired) electrons. The average Bonchev–Trinajstić information content (AvgIpc) is 2.67. The smallest absolute Gasteiger partial charge is 0.123 e. The molecule has 0 amide bonds. The lowest BCUT2D eigenvalue weighted by molar-refractivity contribution is 0.410. The van der Waals surface area contributed by atoms with Gasteiger partial charge in [-0.1, -0.05) is 33.6 Å². The molecule has 0 saturated carbocycles. The van der Waals surface area contributed by atoms with E-state index < -0.39 is 0 Å². The van der Waals surface area contributed by atoms with E-state index in [1.807, 2.05) is 6.07 Å². The summed E-state index contributed by atoms with van der Waals surface area (Å²) in [6.45, 7) is 4.21. The van der Waals surface area contributed by atoms with Crippen molar-refractivity contribution in [1.29, 1.82) is 0 Å². The minimum Gasteiger partial charge on any atom is -0.496 e. The highest BCUT2D eigenvalue weighted by atomic mass is 79.9. The lowest BCUT2D eigenvalue weighted by Crippen LogP contribution is -1.96. The van der Waals surface area contributed by atoms with E-state index in [4.69, 9.17) is 4.74 Å². The zero-order chi connectivity index (χ0) is 13.3. The number of ether oxygens (including phenoxy) is 1. The van der Waals surface area contributed by atoms with Crippen molar-refractivity contribution in [1.82, 2.24) is 0 Å². The summed E-state index contributed by atoms with van der Waals surface area (Å²) >= 11 is 9.20. The molecule has 4 heteroatoms. The van der Waals surface area contributed by atoms with Crippen LogP contribution in [0.4, 0.5) is 0 Å². The molecule has 1 aromatic heterocycles. The molecule has 2 rings (SSSR count). The molecule has 1 aromatic carbocycles. The molecule has 1 unspecified atom stereocenters. The van der Waals surface area contributed by atoms with Gasteiger partial charge in [0.2, 0.25) is 0 Å². The molecule has 0 N–H and O–H groups in total. The second-order valence-corrected chi connectivity index (χ2v) is 7.24. The maximum absolute atomic E-state index is 5.45.